The Labute approximate surface area is 160 Å². The Bertz CT molecular complexity index is 911. The Morgan fingerprint density at radius 2 is 1.44 bits per heavy atom. The minimum atomic E-state index is 0.0460. The van der Waals surface area contributed by atoms with E-state index in [1.165, 1.54) is 11.1 Å². The molecule has 1 fully saturated rings. The van der Waals surface area contributed by atoms with E-state index in [9.17, 15) is 4.79 Å². The van der Waals surface area contributed by atoms with Crippen LogP contribution in [0.5, 0.6) is 0 Å². The van der Waals surface area contributed by atoms with Gasteiger partial charge < -0.3 is 4.90 Å². The second kappa shape index (κ2) is 7.75. The molecule has 2 heterocycles. The van der Waals surface area contributed by atoms with Crippen molar-refractivity contribution in [3.05, 3.63) is 78.5 Å². The van der Waals surface area contributed by atoms with Crippen molar-refractivity contribution < 1.29 is 4.79 Å². The molecule has 3 aromatic rings. The molecule has 136 valence electrons. The van der Waals surface area contributed by atoms with E-state index in [1.54, 1.807) is 0 Å². The van der Waals surface area contributed by atoms with Gasteiger partial charge in [-0.2, -0.15) is 0 Å². The van der Waals surface area contributed by atoms with Crippen LogP contribution in [0.4, 0.5) is 0 Å². The number of likely N-dealkylation sites (tertiary alicyclic amines) is 1. The van der Waals surface area contributed by atoms with E-state index in [1.807, 2.05) is 41.3 Å². The summed E-state index contributed by atoms with van der Waals surface area (Å²) in [5, 5.41) is 0. The molecule has 1 aliphatic heterocycles. The van der Waals surface area contributed by atoms with Crippen LogP contribution in [0.2, 0.25) is 0 Å². The molecule has 2 aromatic carbocycles. The third kappa shape index (κ3) is 3.92. The van der Waals surface area contributed by atoms with E-state index in [2.05, 4.69) is 48.3 Å². The average Bonchev–Trinajstić information content (AvgIpc) is 2.75. The van der Waals surface area contributed by atoms with Crippen molar-refractivity contribution in [3.8, 4) is 22.4 Å². The van der Waals surface area contributed by atoms with Crippen LogP contribution in [0.15, 0.2) is 72.8 Å². The van der Waals surface area contributed by atoms with E-state index >= 15 is 0 Å². The maximum atomic E-state index is 12.8. The van der Waals surface area contributed by atoms with E-state index in [0.717, 1.165) is 37.2 Å². The number of hydrogen-bond donors (Lipinski definition) is 0. The van der Waals surface area contributed by atoms with Crippen LogP contribution in [0, 0.1) is 5.92 Å². The third-order valence-electron chi connectivity index (χ3n) is 5.33. The molecule has 1 aromatic heterocycles. The topological polar surface area (TPSA) is 33.2 Å². The number of carbonyl (C=O) groups excluding carboxylic acids is 1. The minimum Gasteiger partial charge on any atom is -0.337 e. The number of hydrogen-bond acceptors (Lipinski definition) is 2. The van der Waals surface area contributed by atoms with Crippen LogP contribution in [0.25, 0.3) is 22.4 Å². The number of carbonyl (C=O) groups is 1. The zero-order valence-corrected chi connectivity index (χ0v) is 15.6. The number of pyridine rings is 1. The predicted octanol–water partition coefficient (Wildman–Crippen LogP) is 5.29. The van der Waals surface area contributed by atoms with Gasteiger partial charge in [0.2, 0.25) is 0 Å². The van der Waals surface area contributed by atoms with Crippen molar-refractivity contribution in [3.63, 3.8) is 0 Å². The maximum absolute atomic E-state index is 12.8. The molecule has 27 heavy (non-hydrogen) atoms. The lowest BCUT2D eigenvalue weighted by Crippen LogP contribution is -2.38. The molecule has 0 saturated carbocycles. The molecule has 0 N–H and O–H groups in total. The van der Waals surface area contributed by atoms with E-state index in [-0.39, 0.29) is 5.91 Å². The van der Waals surface area contributed by atoms with Crippen LogP contribution >= 0.6 is 0 Å². The highest BCUT2D eigenvalue weighted by Crippen LogP contribution is 2.24. The van der Waals surface area contributed by atoms with Gasteiger partial charge >= 0.3 is 0 Å². The molecule has 4 rings (SSSR count). The van der Waals surface area contributed by atoms with Crippen molar-refractivity contribution >= 4 is 5.91 Å². The van der Waals surface area contributed by atoms with Crippen molar-refractivity contribution in [2.45, 2.75) is 19.8 Å². The zero-order valence-electron chi connectivity index (χ0n) is 15.6. The average molecular weight is 356 g/mol. The summed E-state index contributed by atoms with van der Waals surface area (Å²) in [6.07, 6.45) is 2.15. The normalized spacial score (nSPS) is 14.9. The van der Waals surface area contributed by atoms with Crippen LogP contribution in [0.1, 0.15) is 30.3 Å². The van der Waals surface area contributed by atoms with Gasteiger partial charge in [0.25, 0.3) is 5.91 Å². The lowest BCUT2D eigenvalue weighted by molar-refractivity contribution is 0.0691. The lowest BCUT2D eigenvalue weighted by atomic mass is 9.99. The second-order valence-electron chi connectivity index (χ2n) is 7.33. The first-order valence-electron chi connectivity index (χ1n) is 9.63. The van der Waals surface area contributed by atoms with Gasteiger partial charge in [0.1, 0.15) is 5.69 Å². The molecule has 1 amide bonds. The molecule has 0 spiro atoms. The van der Waals surface area contributed by atoms with E-state index in [0.29, 0.717) is 11.6 Å². The maximum Gasteiger partial charge on any atom is 0.272 e. The Hall–Kier alpha value is -2.94. The molecular formula is C24H24N2O. The molecule has 0 aliphatic carbocycles. The zero-order chi connectivity index (χ0) is 18.6. The molecular weight excluding hydrogens is 332 g/mol. The SMILES string of the molecule is CC1CCN(C(=O)c2cccc(-c3ccc(-c4ccccc4)cc3)n2)CC1. The van der Waals surface area contributed by atoms with E-state index in [4.69, 9.17) is 0 Å². The molecule has 0 unspecified atom stereocenters. The number of amides is 1. The van der Waals surface area contributed by atoms with Crippen LogP contribution in [-0.2, 0) is 0 Å². The highest BCUT2D eigenvalue weighted by atomic mass is 16.2. The van der Waals surface area contributed by atoms with Crippen LogP contribution < -0.4 is 0 Å². The minimum absolute atomic E-state index is 0.0460. The largest absolute Gasteiger partial charge is 0.337 e. The van der Waals surface area contributed by atoms with Gasteiger partial charge in [-0.1, -0.05) is 67.6 Å². The molecule has 1 aliphatic rings. The Morgan fingerprint density at radius 3 is 2.15 bits per heavy atom. The summed E-state index contributed by atoms with van der Waals surface area (Å²) in [5.41, 5.74) is 4.77. The second-order valence-corrected chi connectivity index (χ2v) is 7.33. The number of piperidine rings is 1. The molecule has 1 saturated heterocycles. The Balaban J connectivity index is 1.54. The standard InChI is InChI=1S/C24H24N2O/c1-18-14-16-26(17-15-18)24(27)23-9-5-8-22(25-23)21-12-10-20(11-13-21)19-6-3-2-4-7-19/h2-13,18H,14-17H2,1H3. The fourth-order valence-corrected chi connectivity index (χ4v) is 3.55. The first kappa shape index (κ1) is 17.5. The summed E-state index contributed by atoms with van der Waals surface area (Å²) in [6.45, 7) is 3.91. The number of nitrogens with zero attached hydrogens (tertiary/aromatic N) is 2. The molecule has 0 bridgehead atoms. The molecule has 3 heteroatoms. The number of aromatic nitrogens is 1. The summed E-state index contributed by atoms with van der Waals surface area (Å²) in [7, 11) is 0. The molecule has 0 atom stereocenters. The van der Waals surface area contributed by atoms with Gasteiger partial charge in [0, 0.05) is 18.7 Å². The summed E-state index contributed by atoms with van der Waals surface area (Å²) in [5.74, 6) is 0.751. The van der Waals surface area contributed by atoms with E-state index < -0.39 is 0 Å². The summed E-state index contributed by atoms with van der Waals surface area (Å²) >= 11 is 0. The predicted molar refractivity (Wildman–Crippen MR) is 109 cm³/mol. The summed E-state index contributed by atoms with van der Waals surface area (Å²) in [6, 6.07) is 24.4. The fourth-order valence-electron chi connectivity index (χ4n) is 3.55. The highest BCUT2D eigenvalue weighted by Gasteiger charge is 2.22. The van der Waals surface area contributed by atoms with Gasteiger partial charge in [-0.25, -0.2) is 4.98 Å². The number of rotatable bonds is 3. The van der Waals surface area contributed by atoms with Gasteiger partial charge in [-0.15, -0.1) is 0 Å². The highest BCUT2D eigenvalue weighted by molar-refractivity contribution is 5.93. The van der Waals surface area contributed by atoms with Crippen molar-refractivity contribution in [2.24, 2.45) is 5.92 Å². The molecule has 3 nitrogen and oxygen atoms in total. The third-order valence-corrected chi connectivity index (χ3v) is 5.33. The van der Waals surface area contributed by atoms with Crippen molar-refractivity contribution in [1.29, 1.82) is 0 Å². The van der Waals surface area contributed by atoms with Crippen LogP contribution in [0.3, 0.4) is 0 Å². The summed E-state index contributed by atoms with van der Waals surface area (Å²) in [4.78, 5) is 19.4. The Morgan fingerprint density at radius 1 is 0.815 bits per heavy atom. The molecule has 0 radical (unpaired) electrons. The van der Waals surface area contributed by atoms with Crippen LogP contribution in [-0.4, -0.2) is 28.9 Å². The monoisotopic (exact) mass is 356 g/mol. The van der Waals surface area contributed by atoms with Gasteiger partial charge in [-0.3, -0.25) is 4.79 Å². The van der Waals surface area contributed by atoms with Gasteiger partial charge in [-0.05, 0) is 42.0 Å². The summed E-state index contributed by atoms with van der Waals surface area (Å²) < 4.78 is 0. The first-order chi connectivity index (χ1) is 13.2. The lowest BCUT2D eigenvalue weighted by Gasteiger charge is -2.30. The number of benzene rings is 2. The smallest absolute Gasteiger partial charge is 0.272 e. The van der Waals surface area contributed by atoms with Gasteiger partial charge in [0.05, 0.1) is 5.69 Å². The van der Waals surface area contributed by atoms with Crippen molar-refractivity contribution in [2.75, 3.05) is 13.1 Å². The van der Waals surface area contributed by atoms with Crippen molar-refractivity contribution in [1.82, 2.24) is 9.88 Å². The quantitative estimate of drug-likeness (QED) is 0.639. The van der Waals surface area contributed by atoms with Gasteiger partial charge in [0.15, 0.2) is 0 Å². The Kier molecular flexibility index (Phi) is 5.01. The first-order valence-corrected chi connectivity index (χ1v) is 9.63. The fraction of sp³-hybridized carbons (Fsp3) is 0.250.